The highest BCUT2D eigenvalue weighted by Crippen LogP contribution is 2.34. The molecule has 2 unspecified atom stereocenters. The van der Waals surface area contributed by atoms with E-state index >= 15 is 0 Å². The SMILES string of the molecule is CCCCNC(C)Cc1ccc2c(c1)N(C)C(=O)C(C)O2. The number of hydrogen-bond acceptors (Lipinski definition) is 3. The molecular formula is C17H26N2O2. The summed E-state index contributed by atoms with van der Waals surface area (Å²) in [4.78, 5) is 13.7. The number of benzene rings is 1. The quantitative estimate of drug-likeness (QED) is 0.819. The van der Waals surface area contributed by atoms with Gasteiger partial charge in [0.05, 0.1) is 5.69 Å². The van der Waals surface area contributed by atoms with Gasteiger partial charge in [-0.2, -0.15) is 0 Å². The van der Waals surface area contributed by atoms with Crippen molar-refractivity contribution in [1.29, 1.82) is 0 Å². The van der Waals surface area contributed by atoms with Crippen molar-refractivity contribution in [3.8, 4) is 5.75 Å². The normalized spacial score (nSPS) is 19.1. The number of nitrogens with zero attached hydrogens (tertiary/aromatic N) is 1. The van der Waals surface area contributed by atoms with Crippen LogP contribution in [0.3, 0.4) is 0 Å². The Hall–Kier alpha value is -1.55. The Morgan fingerprint density at radius 2 is 2.19 bits per heavy atom. The molecule has 1 N–H and O–H groups in total. The molecule has 2 rings (SSSR count). The summed E-state index contributed by atoms with van der Waals surface area (Å²) in [7, 11) is 1.81. The van der Waals surface area contributed by atoms with E-state index in [4.69, 9.17) is 4.74 Å². The lowest BCUT2D eigenvalue weighted by Gasteiger charge is -2.30. The van der Waals surface area contributed by atoms with Crippen LogP contribution in [0.2, 0.25) is 0 Å². The van der Waals surface area contributed by atoms with Crippen molar-refractivity contribution in [2.24, 2.45) is 0 Å². The third-order valence-electron chi connectivity index (χ3n) is 3.93. The van der Waals surface area contributed by atoms with E-state index < -0.39 is 6.10 Å². The molecule has 1 heterocycles. The number of amides is 1. The van der Waals surface area contributed by atoms with Crippen LogP contribution >= 0.6 is 0 Å². The maximum absolute atomic E-state index is 12.0. The van der Waals surface area contributed by atoms with E-state index in [0.717, 1.165) is 24.4 Å². The van der Waals surface area contributed by atoms with Crippen LogP contribution in [0.15, 0.2) is 18.2 Å². The van der Waals surface area contributed by atoms with E-state index in [1.54, 1.807) is 11.8 Å². The smallest absolute Gasteiger partial charge is 0.267 e. The van der Waals surface area contributed by atoms with E-state index in [1.807, 2.05) is 13.1 Å². The molecule has 21 heavy (non-hydrogen) atoms. The van der Waals surface area contributed by atoms with Crippen molar-refractivity contribution in [2.45, 2.75) is 52.2 Å². The Morgan fingerprint density at radius 1 is 1.43 bits per heavy atom. The molecule has 116 valence electrons. The molecule has 0 aliphatic carbocycles. The number of carbonyl (C=O) groups excluding carboxylic acids is 1. The van der Waals surface area contributed by atoms with Gasteiger partial charge in [-0.1, -0.05) is 19.4 Å². The monoisotopic (exact) mass is 290 g/mol. The standard InChI is InChI=1S/C17H26N2O2/c1-5-6-9-18-12(2)10-14-7-8-16-15(11-14)19(4)17(20)13(3)21-16/h7-8,11-13,18H,5-6,9-10H2,1-4H3. The van der Waals surface area contributed by atoms with Gasteiger partial charge in [0.15, 0.2) is 6.10 Å². The summed E-state index contributed by atoms with van der Waals surface area (Å²) in [5.41, 5.74) is 2.10. The fourth-order valence-electron chi connectivity index (χ4n) is 2.63. The van der Waals surface area contributed by atoms with E-state index in [0.29, 0.717) is 6.04 Å². The molecule has 0 radical (unpaired) electrons. The molecule has 1 aromatic rings. The molecule has 1 aromatic carbocycles. The second kappa shape index (κ2) is 6.94. The summed E-state index contributed by atoms with van der Waals surface area (Å²) < 4.78 is 5.65. The maximum Gasteiger partial charge on any atom is 0.267 e. The van der Waals surface area contributed by atoms with Crippen LogP contribution < -0.4 is 15.0 Å². The van der Waals surface area contributed by atoms with Crippen molar-refractivity contribution >= 4 is 11.6 Å². The number of ether oxygens (including phenoxy) is 1. The van der Waals surface area contributed by atoms with Crippen molar-refractivity contribution in [3.63, 3.8) is 0 Å². The summed E-state index contributed by atoms with van der Waals surface area (Å²) >= 11 is 0. The number of hydrogen-bond donors (Lipinski definition) is 1. The van der Waals surface area contributed by atoms with Crippen molar-refractivity contribution in [2.75, 3.05) is 18.5 Å². The first-order valence-electron chi connectivity index (χ1n) is 7.83. The van der Waals surface area contributed by atoms with Crippen LogP contribution in [0.25, 0.3) is 0 Å². The summed E-state index contributed by atoms with van der Waals surface area (Å²) in [6.45, 7) is 7.24. The third kappa shape index (κ3) is 3.76. The molecule has 0 fully saturated rings. The van der Waals surface area contributed by atoms with Crippen molar-refractivity contribution in [1.82, 2.24) is 5.32 Å². The van der Waals surface area contributed by atoms with Crippen molar-refractivity contribution < 1.29 is 9.53 Å². The van der Waals surface area contributed by atoms with Gasteiger partial charge in [-0.05, 0) is 50.9 Å². The zero-order chi connectivity index (χ0) is 15.4. The van der Waals surface area contributed by atoms with Gasteiger partial charge in [-0.25, -0.2) is 0 Å². The largest absolute Gasteiger partial charge is 0.479 e. The van der Waals surface area contributed by atoms with Gasteiger partial charge in [0.25, 0.3) is 5.91 Å². The minimum atomic E-state index is -0.400. The van der Waals surface area contributed by atoms with Crippen LogP contribution in [-0.4, -0.2) is 31.6 Å². The van der Waals surface area contributed by atoms with Gasteiger partial charge in [-0.3, -0.25) is 4.79 Å². The highest BCUT2D eigenvalue weighted by Gasteiger charge is 2.28. The van der Waals surface area contributed by atoms with Gasteiger partial charge >= 0.3 is 0 Å². The van der Waals surface area contributed by atoms with E-state index in [-0.39, 0.29) is 5.91 Å². The minimum absolute atomic E-state index is 0.00812. The molecule has 4 nitrogen and oxygen atoms in total. The Bertz CT molecular complexity index is 502. The average Bonchev–Trinajstić information content (AvgIpc) is 2.46. The Morgan fingerprint density at radius 3 is 2.90 bits per heavy atom. The molecule has 0 aromatic heterocycles. The Kier molecular flexibility index (Phi) is 5.23. The lowest BCUT2D eigenvalue weighted by atomic mass is 10.0. The van der Waals surface area contributed by atoms with Gasteiger partial charge in [0.1, 0.15) is 5.75 Å². The molecule has 1 amide bonds. The van der Waals surface area contributed by atoms with Crippen molar-refractivity contribution in [3.05, 3.63) is 23.8 Å². The predicted octanol–water partition coefficient (Wildman–Crippen LogP) is 2.75. The number of unbranched alkanes of at least 4 members (excludes halogenated alkanes) is 1. The molecule has 1 aliphatic heterocycles. The van der Waals surface area contributed by atoms with Crippen LogP contribution in [0.4, 0.5) is 5.69 Å². The fourth-order valence-corrected chi connectivity index (χ4v) is 2.63. The van der Waals surface area contributed by atoms with Gasteiger partial charge in [-0.15, -0.1) is 0 Å². The van der Waals surface area contributed by atoms with Crippen LogP contribution in [0, 0.1) is 0 Å². The molecular weight excluding hydrogens is 264 g/mol. The Labute approximate surface area is 127 Å². The number of anilines is 1. The van der Waals surface area contributed by atoms with Gasteiger partial charge < -0.3 is 15.0 Å². The fraction of sp³-hybridized carbons (Fsp3) is 0.588. The topological polar surface area (TPSA) is 41.6 Å². The summed E-state index contributed by atoms with van der Waals surface area (Å²) in [6, 6.07) is 6.56. The summed E-state index contributed by atoms with van der Waals surface area (Å²) in [6.07, 6.45) is 2.97. The number of rotatable bonds is 6. The van der Waals surface area contributed by atoms with E-state index in [1.165, 1.54) is 18.4 Å². The lowest BCUT2D eigenvalue weighted by molar-refractivity contribution is -0.125. The number of likely N-dealkylation sites (N-methyl/N-ethyl adjacent to an activating group) is 1. The van der Waals surface area contributed by atoms with E-state index in [2.05, 4.69) is 31.3 Å². The first-order valence-corrected chi connectivity index (χ1v) is 7.83. The van der Waals surface area contributed by atoms with Gasteiger partial charge in [0.2, 0.25) is 0 Å². The Balaban J connectivity index is 2.05. The molecule has 4 heteroatoms. The first-order chi connectivity index (χ1) is 10.0. The zero-order valence-corrected chi connectivity index (χ0v) is 13.5. The minimum Gasteiger partial charge on any atom is -0.479 e. The lowest BCUT2D eigenvalue weighted by Crippen LogP contribution is -2.42. The second-order valence-electron chi connectivity index (χ2n) is 5.87. The molecule has 0 spiro atoms. The first kappa shape index (κ1) is 15.8. The summed E-state index contributed by atoms with van der Waals surface area (Å²) in [5, 5.41) is 3.53. The third-order valence-corrected chi connectivity index (χ3v) is 3.93. The number of nitrogens with one attached hydrogen (secondary N) is 1. The van der Waals surface area contributed by atoms with Crippen LogP contribution in [0.5, 0.6) is 5.75 Å². The highest BCUT2D eigenvalue weighted by molar-refractivity contribution is 5.99. The number of fused-ring (bicyclic) bond motifs is 1. The highest BCUT2D eigenvalue weighted by atomic mass is 16.5. The average molecular weight is 290 g/mol. The van der Waals surface area contributed by atoms with Gasteiger partial charge in [0, 0.05) is 13.1 Å². The van der Waals surface area contributed by atoms with E-state index in [9.17, 15) is 4.79 Å². The maximum atomic E-state index is 12.0. The van der Waals surface area contributed by atoms with Crippen LogP contribution in [0.1, 0.15) is 39.2 Å². The number of carbonyl (C=O) groups is 1. The molecule has 1 aliphatic rings. The molecule has 0 bridgehead atoms. The summed E-state index contributed by atoms with van der Waals surface area (Å²) in [5.74, 6) is 0.800. The molecule has 0 saturated carbocycles. The molecule has 0 saturated heterocycles. The molecule has 2 atom stereocenters. The predicted molar refractivity (Wildman–Crippen MR) is 86.0 cm³/mol. The zero-order valence-electron chi connectivity index (χ0n) is 13.5. The second-order valence-corrected chi connectivity index (χ2v) is 5.87. The van der Waals surface area contributed by atoms with Crippen LogP contribution in [-0.2, 0) is 11.2 Å².